The zero-order valence-electron chi connectivity index (χ0n) is 10.9. The Bertz CT molecular complexity index is 526. The maximum Gasteiger partial charge on any atom is 0.218 e. The van der Waals surface area contributed by atoms with Crippen LogP contribution in [0.15, 0.2) is 42.5 Å². The van der Waals surface area contributed by atoms with E-state index >= 15 is 0 Å². The number of rotatable bonds is 2. The molecule has 1 aliphatic rings. The van der Waals surface area contributed by atoms with E-state index in [-0.39, 0.29) is 0 Å². The van der Waals surface area contributed by atoms with Crippen molar-refractivity contribution in [1.29, 1.82) is 0 Å². The van der Waals surface area contributed by atoms with Crippen LogP contribution in [0.4, 0.5) is 0 Å². The van der Waals surface area contributed by atoms with Crippen molar-refractivity contribution in [3.8, 4) is 0 Å². The lowest BCUT2D eigenvalue weighted by Gasteiger charge is -2.26. The fraction of sp³-hybridized carbons (Fsp3) is 0.375. The summed E-state index contributed by atoms with van der Waals surface area (Å²) in [5.41, 5.74) is 2.06. The Morgan fingerprint density at radius 2 is 1.89 bits per heavy atom. The van der Waals surface area contributed by atoms with Crippen LogP contribution in [-0.4, -0.2) is 15.6 Å². The van der Waals surface area contributed by atoms with Gasteiger partial charge in [0.15, 0.2) is 0 Å². The highest BCUT2D eigenvalue weighted by molar-refractivity contribution is 6.54. The third-order valence-electron chi connectivity index (χ3n) is 3.88. The molecule has 1 heterocycles. The lowest BCUT2D eigenvalue weighted by Crippen LogP contribution is -2.29. The summed E-state index contributed by atoms with van der Waals surface area (Å²) in [6, 6.07) is 16.7. The van der Waals surface area contributed by atoms with Crippen LogP contribution in [-0.2, 0) is 4.43 Å². The predicted octanol–water partition coefficient (Wildman–Crippen LogP) is 4.28. The van der Waals surface area contributed by atoms with Gasteiger partial charge in [-0.25, -0.2) is 0 Å². The molecule has 0 N–H and O–H groups in total. The minimum Gasteiger partial charge on any atom is -0.416 e. The molecule has 2 aromatic carbocycles. The molecule has 1 saturated heterocycles. The summed E-state index contributed by atoms with van der Waals surface area (Å²) in [7, 11) is -0.668. The van der Waals surface area contributed by atoms with Crippen molar-refractivity contribution >= 4 is 19.8 Å². The summed E-state index contributed by atoms with van der Waals surface area (Å²) < 4.78 is 6.04. The smallest absolute Gasteiger partial charge is 0.218 e. The van der Waals surface area contributed by atoms with Crippen LogP contribution in [0.3, 0.4) is 0 Å². The second kappa shape index (κ2) is 5.25. The maximum absolute atomic E-state index is 6.04. The SMILES string of the molecule is CC(c1cccc2ccccc12)[Si]1CCCCO1. The molecule has 0 amide bonds. The van der Waals surface area contributed by atoms with E-state index in [1.807, 2.05) is 0 Å². The van der Waals surface area contributed by atoms with Gasteiger partial charge in [0, 0.05) is 12.1 Å². The molecule has 1 radical (unpaired) electrons. The minimum absolute atomic E-state index is 0.585. The van der Waals surface area contributed by atoms with Crippen LogP contribution in [0.2, 0.25) is 6.04 Å². The molecule has 1 unspecified atom stereocenters. The van der Waals surface area contributed by atoms with E-state index in [9.17, 15) is 0 Å². The molecule has 0 bridgehead atoms. The Morgan fingerprint density at radius 3 is 2.72 bits per heavy atom. The summed E-state index contributed by atoms with van der Waals surface area (Å²) in [4.78, 5) is 0. The van der Waals surface area contributed by atoms with E-state index in [1.54, 1.807) is 0 Å². The van der Waals surface area contributed by atoms with Crippen molar-refractivity contribution in [2.24, 2.45) is 0 Å². The first-order valence-corrected chi connectivity index (χ1v) is 8.52. The van der Waals surface area contributed by atoms with Gasteiger partial charge in [0.1, 0.15) is 0 Å². The molecule has 18 heavy (non-hydrogen) atoms. The van der Waals surface area contributed by atoms with Gasteiger partial charge in [0.25, 0.3) is 0 Å². The highest BCUT2D eigenvalue weighted by atomic mass is 28.3. The fourth-order valence-corrected chi connectivity index (χ4v) is 5.25. The van der Waals surface area contributed by atoms with Crippen LogP contribution < -0.4 is 0 Å². The number of fused-ring (bicyclic) bond motifs is 1. The van der Waals surface area contributed by atoms with E-state index < -0.39 is 9.04 Å². The molecule has 1 aliphatic heterocycles. The molecule has 0 aromatic heterocycles. The van der Waals surface area contributed by atoms with E-state index in [2.05, 4.69) is 49.4 Å². The van der Waals surface area contributed by atoms with Gasteiger partial charge in [-0.1, -0.05) is 55.8 Å². The van der Waals surface area contributed by atoms with Crippen molar-refractivity contribution in [1.82, 2.24) is 0 Å². The summed E-state index contributed by atoms with van der Waals surface area (Å²) in [6.45, 7) is 3.32. The Balaban J connectivity index is 1.97. The van der Waals surface area contributed by atoms with E-state index in [0.29, 0.717) is 5.54 Å². The van der Waals surface area contributed by atoms with Crippen molar-refractivity contribution in [2.45, 2.75) is 31.4 Å². The lowest BCUT2D eigenvalue weighted by atomic mass is 10.0. The summed E-state index contributed by atoms with van der Waals surface area (Å²) in [5.74, 6) is 0. The van der Waals surface area contributed by atoms with E-state index in [0.717, 1.165) is 6.61 Å². The molecule has 0 aliphatic carbocycles. The first kappa shape index (κ1) is 11.9. The molecular formula is C16H19OSi. The molecule has 2 aromatic rings. The van der Waals surface area contributed by atoms with Gasteiger partial charge in [0.2, 0.25) is 9.04 Å². The first-order valence-electron chi connectivity index (χ1n) is 6.82. The highest BCUT2D eigenvalue weighted by Gasteiger charge is 2.26. The third-order valence-corrected chi connectivity index (χ3v) is 6.58. The van der Waals surface area contributed by atoms with Gasteiger partial charge in [-0.05, 0) is 28.8 Å². The predicted molar refractivity (Wildman–Crippen MR) is 78.1 cm³/mol. The lowest BCUT2D eigenvalue weighted by molar-refractivity contribution is 0.281. The zero-order valence-corrected chi connectivity index (χ0v) is 11.9. The van der Waals surface area contributed by atoms with Gasteiger partial charge in [0.05, 0.1) is 0 Å². The zero-order chi connectivity index (χ0) is 12.4. The molecule has 0 spiro atoms. The maximum atomic E-state index is 6.04. The van der Waals surface area contributed by atoms with E-state index in [1.165, 1.54) is 35.2 Å². The third kappa shape index (κ3) is 2.23. The van der Waals surface area contributed by atoms with Crippen molar-refractivity contribution in [3.63, 3.8) is 0 Å². The number of hydrogen-bond acceptors (Lipinski definition) is 1. The standard InChI is InChI=1S/C16H19OSi/c1-13(18-12-5-4-11-17-18)15-10-6-8-14-7-2-3-9-16(14)15/h2-3,6-10,13H,4-5,11-12H2,1H3. The molecule has 3 rings (SSSR count). The molecule has 1 atom stereocenters. The number of benzene rings is 2. The van der Waals surface area contributed by atoms with Gasteiger partial charge in [-0.15, -0.1) is 0 Å². The van der Waals surface area contributed by atoms with Gasteiger partial charge >= 0.3 is 0 Å². The van der Waals surface area contributed by atoms with Crippen molar-refractivity contribution in [2.75, 3.05) is 6.61 Å². The fourth-order valence-electron chi connectivity index (χ4n) is 2.82. The number of hydrogen-bond donors (Lipinski definition) is 0. The second-order valence-corrected chi connectivity index (χ2v) is 7.65. The van der Waals surface area contributed by atoms with Crippen LogP contribution in [0.1, 0.15) is 30.9 Å². The summed E-state index contributed by atoms with van der Waals surface area (Å²) in [6.07, 6.45) is 2.60. The Labute approximate surface area is 111 Å². The molecule has 93 valence electrons. The monoisotopic (exact) mass is 255 g/mol. The Morgan fingerprint density at radius 1 is 1.06 bits per heavy atom. The second-order valence-electron chi connectivity index (χ2n) is 5.06. The van der Waals surface area contributed by atoms with Gasteiger partial charge < -0.3 is 4.43 Å². The molecule has 1 fully saturated rings. The largest absolute Gasteiger partial charge is 0.416 e. The molecule has 0 saturated carbocycles. The Kier molecular flexibility index (Phi) is 3.48. The highest BCUT2D eigenvalue weighted by Crippen LogP contribution is 2.30. The van der Waals surface area contributed by atoms with Gasteiger partial charge in [-0.3, -0.25) is 0 Å². The average molecular weight is 255 g/mol. The normalized spacial score (nSPS) is 18.9. The molecule has 1 nitrogen and oxygen atoms in total. The topological polar surface area (TPSA) is 9.23 Å². The van der Waals surface area contributed by atoms with Crippen LogP contribution in [0.25, 0.3) is 10.8 Å². The van der Waals surface area contributed by atoms with Gasteiger partial charge in [-0.2, -0.15) is 0 Å². The van der Waals surface area contributed by atoms with E-state index in [4.69, 9.17) is 4.43 Å². The van der Waals surface area contributed by atoms with Crippen LogP contribution in [0, 0.1) is 0 Å². The quantitative estimate of drug-likeness (QED) is 0.728. The van der Waals surface area contributed by atoms with Crippen LogP contribution in [0.5, 0.6) is 0 Å². The molecular weight excluding hydrogens is 236 g/mol. The summed E-state index contributed by atoms with van der Waals surface area (Å²) in [5, 5.41) is 2.75. The summed E-state index contributed by atoms with van der Waals surface area (Å²) >= 11 is 0. The van der Waals surface area contributed by atoms with Crippen molar-refractivity contribution < 1.29 is 4.43 Å². The van der Waals surface area contributed by atoms with Crippen LogP contribution >= 0.6 is 0 Å². The first-order chi connectivity index (χ1) is 8.86. The Hall–Kier alpha value is -1.12. The minimum atomic E-state index is -0.668. The average Bonchev–Trinajstić information content (AvgIpc) is 2.47. The molecule has 2 heteroatoms. The van der Waals surface area contributed by atoms with Crippen molar-refractivity contribution in [3.05, 3.63) is 48.0 Å².